The number of esters is 1. The SMILES string of the molecule is CCOC(=O)C1=NOC(CCCCOCc2ccccc2)C1. The van der Waals surface area contributed by atoms with E-state index in [0.29, 0.717) is 25.3 Å². The highest BCUT2D eigenvalue weighted by Crippen LogP contribution is 2.17. The highest BCUT2D eigenvalue weighted by molar-refractivity contribution is 6.36. The van der Waals surface area contributed by atoms with Crippen molar-refractivity contribution >= 4 is 11.7 Å². The molecule has 0 aromatic heterocycles. The molecular formula is C17H23NO4. The summed E-state index contributed by atoms with van der Waals surface area (Å²) in [7, 11) is 0. The van der Waals surface area contributed by atoms with E-state index in [1.807, 2.05) is 18.2 Å². The molecule has 120 valence electrons. The summed E-state index contributed by atoms with van der Waals surface area (Å²) < 4.78 is 10.5. The topological polar surface area (TPSA) is 57.1 Å². The van der Waals surface area contributed by atoms with Gasteiger partial charge in [-0.15, -0.1) is 0 Å². The fraction of sp³-hybridized carbons (Fsp3) is 0.529. The smallest absolute Gasteiger partial charge is 0.356 e. The molecule has 22 heavy (non-hydrogen) atoms. The summed E-state index contributed by atoms with van der Waals surface area (Å²) in [6, 6.07) is 10.1. The van der Waals surface area contributed by atoms with Crippen molar-refractivity contribution in [3.8, 4) is 0 Å². The minimum atomic E-state index is -0.365. The normalized spacial score (nSPS) is 17.0. The monoisotopic (exact) mass is 305 g/mol. The summed E-state index contributed by atoms with van der Waals surface area (Å²) in [5, 5.41) is 3.80. The first-order valence-electron chi connectivity index (χ1n) is 7.81. The van der Waals surface area contributed by atoms with Gasteiger partial charge in [0, 0.05) is 13.0 Å². The minimum absolute atomic E-state index is 0.00599. The Kier molecular flexibility index (Phi) is 6.90. The summed E-state index contributed by atoms with van der Waals surface area (Å²) in [5.74, 6) is -0.365. The lowest BCUT2D eigenvalue weighted by Crippen LogP contribution is -2.18. The summed E-state index contributed by atoms with van der Waals surface area (Å²) in [6.45, 7) is 3.52. The third-order valence-electron chi connectivity index (χ3n) is 3.42. The molecule has 0 N–H and O–H groups in total. The van der Waals surface area contributed by atoms with Crippen LogP contribution in [0.2, 0.25) is 0 Å². The summed E-state index contributed by atoms with van der Waals surface area (Å²) in [5.41, 5.74) is 1.58. The first-order valence-corrected chi connectivity index (χ1v) is 7.81. The average molecular weight is 305 g/mol. The number of nitrogens with zero attached hydrogens (tertiary/aromatic N) is 1. The van der Waals surface area contributed by atoms with E-state index in [4.69, 9.17) is 14.3 Å². The number of rotatable bonds is 9. The van der Waals surface area contributed by atoms with E-state index in [1.54, 1.807) is 6.92 Å². The van der Waals surface area contributed by atoms with E-state index < -0.39 is 0 Å². The van der Waals surface area contributed by atoms with Crippen LogP contribution in [-0.4, -0.2) is 31.0 Å². The lowest BCUT2D eigenvalue weighted by Gasteiger charge is -2.08. The third-order valence-corrected chi connectivity index (χ3v) is 3.42. The number of hydrogen-bond donors (Lipinski definition) is 0. The predicted molar refractivity (Wildman–Crippen MR) is 83.5 cm³/mol. The van der Waals surface area contributed by atoms with Crippen LogP contribution in [0, 0.1) is 0 Å². The molecule has 1 aliphatic rings. The molecule has 5 nitrogen and oxygen atoms in total. The highest BCUT2D eigenvalue weighted by atomic mass is 16.6. The maximum Gasteiger partial charge on any atom is 0.356 e. The van der Waals surface area contributed by atoms with E-state index in [1.165, 1.54) is 5.56 Å². The molecule has 0 saturated heterocycles. The molecule has 0 saturated carbocycles. The molecule has 0 aliphatic carbocycles. The van der Waals surface area contributed by atoms with Crippen molar-refractivity contribution in [2.24, 2.45) is 5.16 Å². The maximum atomic E-state index is 11.5. The molecule has 2 rings (SSSR count). The van der Waals surface area contributed by atoms with Gasteiger partial charge in [-0.1, -0.05) is 35.5 Å². The molecule has 0 spiro atoms. The van der Waals surface area contributed by atoms with Gasteiger partial charge in [-0.05, 0) is 31.7 Å². The second kappa shape index (κ2) is 9.20. The van der Waals surface area contributed by atoms with Gasteiger partial charge < -0.3 is 14.3 Å². The minimum Gasteiger partial charge on any atom is -0.461 e. The van der Waals surface area contributed by atoms with Gasteiger partial charge in [0.05, 0.1) is 13.2 Å². The van der Waals surface area contributed by atoms with E-state index in [-0.39, 0.29) is 12.1 Å². The van der Waals surface area contributed by atoms with Gasteiger partial charge >= 0.3 is 5.97 Å². The maximum absolute atomic E-state index is 11.5. The van der Waals surface area contributed by atoms with Crippen LogP contribution >= 0.6 is 0 Å². The fourth-order valence-corrected chi connectivity index (χ4v) is 2.26. The summed E-state index contributed by atoms with van der Waals surface area (Å²) in [4.78, 5) is 16.7. The van der Waals surface area contributed by atoms with Gasteiger partial charge in [-0.25, -0.2) is 4.79 Å². The van der Waals surface area contributed by atoms with Crippen molar-refractivity contribution in [1.29, 1.82) is 0 Å². The summed E-state index contributed by atoms with van der Waals surface area (Å²) in [6.07, 6.45) is 3.38. The van der Waals surface area contributed by atoms with Crippen molar-refractivity contribution in [2.75, 3.05) is 13.2 Å². The number of carbonyl (C=O) groups excluding carboxylic acids is 1. The zero-order valence-corrected chi connectivity index (χ0v) is 13.0. The Hall–Kier alpha value is -1.88. The Bertz CT molecular complexity index is 487. The molecule has 1 aromatic carbocycles. The highest BCUT2D eigenvalue weighted by Gasteiger charge is 2.26. The molecule has 1 aromatic rings. The molecule has 0 fully saturated rings. The fourth-order valence-electron chi connectivity index (χ4n) is 2.26. The zero-order chi connectivity index (χ0) is 15.6. The molecule has 1 unspecified atom stereocenters. The van der Waals surface area contributed by atoms with Gasteiger partial charge in [0.2, 0.25) is 0 Å². The Labute approximate surface area is 131 Å². The average Bonchev–Trinajstić information content (AvgIpc) is 3.01. The number of ether oxygens (including phenoxy) is 2. The van der Waals surface area contributed by atoms with Crippen LogP contribution in [0.5, 0.6) is 0 Å². The molecular weight excluding hydrogens is 282 g/mol. The molecule has 1 aliphatic heterocycles. The van der Waals surface area contributed by atoms with Gasteiger partial charge in [0.1, 0.15) is 6.10 Å². The Morgan fingerprint density at radius 2 is 2.14 bits per heavy atom. The molecule has 0 amide bonds. The van der Waals surface area contributed by atoms with Gasteiger partial charge in [-0.3, -0.25) is 0 Å². The van der Waals surface area contributed by atoms with Crippen molar-refractivity contribution < 1.29 is 19.1 Å². The second-order valence-electron chi connectivity index (χ2n) is 5.22. The number of carbonyl (C=O) groups is 1. The Morgan fingerprint density at radius 1 is 1.32 bits per heavy atom. The lowest BCUT2D eigenvalue weighted by atomic mass is 10.1. The molecule has 0 bridgehead atoms. The number of unbranched alkanes of at least 4 members (excludes halogenated alkanes) is 1. The quantitative estimate of drug-likeness (QED) is 0.519. The Morgan fingerprint density at radius 3 is 2.91 bits per heavy atom. The van der Waals surface area contributed by atoms with E-state index in [2.05, 4.69) is 17.3 Å². The second-order valence-corrected chi connectivity index (χ2v) is 5.22. The largest absolute Gasteiger partial charge is 0.461 e. The molecule has 0 radical (unpaired) electrons. The van der Waals surface area contributed by atoms with Crippen LogP contribution in [0.15, 0.2) is 35.5 Å². The van der Waals surface area contributed by atoms with Crippen molar-refractivity contribution in [3.05, 3.63) is 35.9 Å². The van der Waals surface area contributed by atoms with Crippen molar-refractivity contribution in [1.82, 2.24) is 0 Å². The van der Waals surface area contributed by atoms with Gasteiger partial charge in [0.25, 0.3) is 0 Å². The van der Waals surface area contributed by atoms with E-state index in [0.717, 1.165) is 25.9 Å². The van der Waals surface area contributed by atoms with Crippen LogP contribution in [0.4, 0.5) is 0 Å². The van der Waals surface area contributed by atoms with Gasteiger partial charge in [0.15, 0.2) is 5.71 Å². The predicted octanol–water partition coefficient (Wildman–Crippen LogP) is 3.08. The molecule has 1 atom stereocenters. The van der Waals surface area contributed by atoms with E-state index >= 15 is 0 Å². The number of benzene rings is 1. The lowest BCUT2D eigenvalue weighted by molar-refractivity contribution is -0.135. The van der Waals surface area contributed by atoms with Crippen LogP contribution in [-0.2, 0) is 25.7 Å². The van der Waals surface area contributed by atoms with Crippen LogP contribution in [0.3, 0.4) is 0 Å². The van der Waals surface area contributed by atoms with Crippen LogP contribution < -0.4 is 0 Å². The molecule has 5 heteroatoms. The third kappa shape index (κ3) is 5.48. The number of oxime groups is 1. The van der Waals surface area contributed by atoms with Crippen molar-refractivity contribution in [2.45, 2.75) is 45.3 Å². The molecule has 1 heterocycles. The van der Waals surface area contributed by atoms with Crippen molar-refractivity contribution in [3.63, 3.8) is 0 Å². The number of hydrogen-bond acceptors (Lipinski definition) is 5. The van der Waals surface area contributed by atoms with Crippen LogP contribution in [0.1, 0.15) is 38.2 Å². The zero-order valence-electron chi connectivity index (χ0n) is 13.0. The first-order chi connectivity index (χ1) is 10.8. The first kappa shape index (κ1) is 16.5. The standard InChI is InChI=1S/C17H23NO4/c1-2-21-17(19)16-12-15(22-18-16)10-6-7-11-20-13-14-8-4-3-5-9-14/h3-5,8-9,15H,2,6-7,10-13H2,1H3. The van der Waals surface area contributed by atoms with Crippen LogP contribution in [0.25, 0.3) is 0 Å². The summed E-state index contributed by atoms with van der Waals surface area (Å²) >= 11 is 0. The van der Waals surface area contributed by atoms with E-state index in [9.17, 15) is 4.79 Å². The Balaban J connectivity index is 1.51. The van der Waals surface area contributed by atoms with Gasteiger partial charge in [-0.2, -0.15) is 0 Å².